The van der Waals surface area contributed by atoms with Crippen LogP contribution in [0.5, 0.6) is 0 Å². The van der Waals surface area contributed by atoms with Crippen LogP contribution in [-0.2, 0) is 7.05 Å². The smallest absolute Gasteiger partial charge is 0.0843 e. The average Bonchev–Trinajstić information content (AvgIpc) is 2.49. The van der Waals surface area contributed by atoms with Crippen molar-refractivity contribution in [3.8, 4) is 11.1 Å². The van der Waals surface area contributed by atoms with Crippen molar-refractivity contribution in [2.45, 2.75) is 0 Å². The van der Waals surface area contributed by atoms with E-state index in [1.807, 2.05) is 30.3 Å². The molecule has 1 aromatic carbocycles. The SMILES string of the molecule is [2H]c1c(-c2ccccc2)cnn1C. The van der Waals surface area contributed by atoms with Crippen LogP contribution >= 0.6 is 0 Å². The first-order chi connectivity index (χ1) is 6.29. The van der Waals surface area contributed by atoms with Gasteiger partial charge in [0.1, 0.15) is 0 Å². The van der Waals surface area contributed by atoms with E-state index in [0.717, 1.165) is 11.1 Å². The van der Waals surface area contributed by atoms with Gasteiger partial charge in [0.2, 0.25) is 0 Å². The highest BCUT2D eigenvalue weighted by atomic mass is 15.2. The molecule has 0 bridgehead atoms. The van der Waals surface area contributed by atoms with Crippen LogP contribution in [0.1, 0.15) is 1.37 Å². The fraction of sp³-hybridized carbons (Fsp3) is 0.100. The molecule has 2 heteroatoms. The zero-order valence-electron chi connectivity index (χ0n) is 7.86. The third kappa shape index (κ3) is 1.23. The summed E-state index contributed by atoms with van der Waals surface area (Å²) in [5, 5.41) is 4.02. The van der Waals surface area contributed by atoms with Crippen molar-refractivity contribution in [2.75, 3.05) is 0 Å². The fourth-order valence-corrected chi connectivity index (χ4v) is 1.13. The molecule has 0 N–H and O–H groups in total. The third-order valence-electron chi connectivity index (χ3n) is 1.73. The second kappa shape index (κ2) is 2.81. The quantitative estimate of drug-likeness (QED) is 0.623. The van der Waals surface area contributed by atoms with Crippen LogP contribution in [0.2, 0.25) is 0 Å². The molecule has 2 aromatic rings. The summed E-state index contributed by atoms with van der Waals surface area (Å²) in [5.74, 6) is 0. The van der Waals surface area contributed by atoms with Gasteiger partial charge in [0, 0.05) is 18.8 Å². The van der Waals surface area contributed by atoms with Crippen LogP contribution in [0.15, 0.2) is 42.7 Å². The van der Waals surface area contributed by atoms with E-state index in [1.54, 1.807) is 17.9 Å². The molecule has 0 aliphatic carbocycles. The van der Waals surface area contributed by atoms with Gasteiger partial charge in [0.15, 0.2) is 0 Å². The van der Waals surface area contributed by atoms with Crippen molar-refractivity contribution in [2.24, 2.45) is 7.05 Å². The molecule has 0 atom stereocenters. The fourth-order valence-electron chi connectivity index (χ4n) is 1.13. The van der Waals surface area contributed by atoms with E-state index in [-0.39, 0.29) is 0 Å². The maximum Gasteiger partial charge on any atom is 0.0843 e. The van der Waals surface area contributed by atoms with Crippen LogP contribution in [-0.4, -0.2) is 9.78 Å². The summed E-state index contributed by atoms with van der Waals surface area (Å²) < 4.78 is 9.27. The normalized spacial score (nSPS) is 11.2. The second-order valence-electron chi connectivity index (χ2n) is 2.66. The van der Waals surface area contributed by atoms with E-state index >= 15 is 0 Å². The molecule has 0 unspecified atom stereocenters. The lowest BCUT2D eigenvalue weighted by Gasteiger charge is -1.93. The minimum absolute atomic E-state index is 0.450. The van der Waals surface area contributed by atoms with Crippen LogP contribution in [0.3, 0.4) is 0 Å². The Kier molecular flexibility index (Phi) is 1.41. The number of nitrogens with zero attached hydrogens (tertiary/aromatic N) is 2. The Morgan fingerprint density at radius 3 is 2.58 bits per heavy atom. The average molecular weight is 159 g/mol. The van der Waals surface area contributed by atoms with E-state index in [1.165, 1.54) is 0 Å². The van der Waals surface area contributed by atoms with Crippen molar-refractivity contribution in [1.29, 1.82) is 0 Å². The second-order valence-corrected chi connectivity index (χ2v) is 2.66. The Hall–Kier alpha value is -1.57. The number of aryl methyl sites for hydroxylation is 1. The monoisotopic (exact) mass is 159 g/mol. The van der Waals surface area contributed by atoms with Crippen LogP contribution in [0, 0.1) is 0 Å². The number of benzene rings is 1. The lowest BCUT2D eigenvalue weighted by Crippen LogP contribution is -1.83. The predicted molar refractivity (Wildman–Crippen MR) is 48.6 cm³/mol. The first-order valence-electron chi connectivity index (χ1n) is 4.33. The van der Waals surface area contributed by atoms with Crippen molar-refractivity contribution in [3.05, 3.63) is 42.7 Å². The van der Waals surface area contributed by atoms with Gasteiger partial charge in [-0.15, -0.1) is 0 Å². The Balaban J connectivity index is 2.53. The summed E-state index contributed by atoms with van der Waals surface area (Å²) >= 11 is 0. The minimum atomic E-state index is 0.450. The molecule has 2 nitrogen and oxygen atoms in total. The number of hydrogen-bond donors (Lipinski definition) is 0. The van der Waals surface area contributed by atoms with Gasteiger partial charge in [-0.05, 0) is 5.56 Å². The van der Waals surface area contributed by atoms with Gasteiger partial charge in [0.05, 0.1) is 7.57 Å². The summed E-state index contributed by atoms with van der Waals surface area (Å²) in [7, 11) is 1.77. The summed E-state index contributed by atoms with van der Waals surface area (Å²) in [4.78, 5) is 0. The van der Waals surface area contributed by atoms with Crippen LogP contribution in [0.25, 0.3) is 11.1 Å². The lowest BCUT2D eigenvalue weighted by molar-refractivity contribution is 0.768. The molecular formula is C10H10N2. The van der Waals surface area contributed by atoms with Gasteiger partial charge in [-0.1, -0.05) is 30.3 Å². The van der Waals surface area contributed by atoms with Gasteiger partial charge in [-0.2, -0.15) is 5.10 Å². The van der Waals surface area contributed by atoms with E-state index in [9.17, 15) is 0 Å². The molecule has 0 fully saturated rings. The zero-order valence-corrected chi connectivity index (χ0v) is 6.86. The highest BCUT2D eigenvalue weighted by Gasteiger charge is 1.96. The number of hydrogen-bond acceptors (Lipinski definition) is 1. The molecule has 1 heterocycles. The van der Waals surface area contributed by atoms with E-state index in [4.69, 9.17) is 1.37 Å². The molecule has 2 rings (SSSR count). The third-order valence-corrected chi connectivity index (χ3v) is 1.73. The van der Waals surface area contributed by atoms with Gasteiger partial charge >= 0.3 is 0 Å². The molecule has 0 aliphatic rings. The van der Waals surface area contributed by atoms with E-state index in [2.05, 4.69) is 5.10 Å². The Morgan fingerprint density at radius 2 is 2.00 bits per heavy atom. The molecule has 0 spiro atoms. The van der Waals surface area contributed by atoms with Crippen molar-refractivity contribution in [3.63, 3.8) is 0 Å². The summed E-state index contributed by atoms with van der Waals surface area (Å²) in [6.07, 6.45) is 2.17. The molecule has 0 radical (unpaired) electrons. The van der Waals surface area contributed by atoms with Crippen LogP contribution in [0.4, 0.5) is 0 Å². The van der Waals surface area contributed by atoms with Gasteiger partial charge in [-0.3, -0.25) is 4.68 Å². The first-order valence-corrected chi connectivity index (χ1v) is 3.83. The summed E-state index contributed by atoms with van der Waals surface area (Å²) in [6, 6.07) is 9.84. The summed E-state index contributed by atoms with van der Waals surface area (Å²) in [6.45, 7) is 0. The topological polar surface area (TPSA) is 17.8 Å². The Bertz CT molecular complexity index is 406. The highest BCUT2D eigenvalue weighted by Crippen LogP contribution is 2.16. The van der Waals surface area contributed by atoms with Crippen molar-refractivity contribution < 1.29 is 1.37 Å². The molecule has 60 valence electrons. The largest absolute Gasteiger partial charge is 0.275 e. The molecule has 12 heavy (non-hydrogen) atoms. The van der Waals surface area contributed by atoms with Gasteiger partial charge in [-0.25, -0.2) is 0 Å². The maximum absolute atomic E-state index is 7.71. The lowest BCUT2D eigenvalue weighted by atomic mass is 10.1. The molecular weight excluding hydrogens is 148 g/mol. The standard InChI is InChI=1S/C10H10N2/c1-12-8-10(7-11-12)9-5-3-2-4-6-9/h2-8H,1H3/i8D. The first kappa shape index (κ1) is 6.00. The molecule has 0 saturated heterocycles. The Labute approximate surface area is 72.9 Å². The number of aromatic nitrogens is 2. The van der Waals surface area contributed by atoms with E-state index < -0.39 is 0 Å². The van der Waals surface area contributed by atoms with Gasteiger partial charge < -0.3 is 0 Å². The van der Waals surface area contributed by atoms with Crippen LogP contribution < -0.4 is 0 Å². The number of rotatable bonds is 1. The summed E-state index contributed by atoms with van der Waals surface area (Å²) in [5.41, 5.74) is 1.92. The molecule has 1 aromatic heterocycles. The zero-order chi connectivity index (χ0) is 9.26. The molecule has 0 aliphatic heterocycles. The highest BCUT2D eigenvalue weighted by molar-refractivity contribution is 5.61. The van der Waals surface area contributed by atoms with Gasteiger partial charge in [0.25, 0.3) is 0 Å². The minimum Gasteiger partial charge on any atom is -0.275 e. The maximum atomic E-state index is 7.71. The molecule has 0 amide bonds. The molecule has 0 saturated carbocycles. The van der Waals surface area contributed by atoms with Crippen molar-refractivity contribution in [1.82, 2.24) is 9.78 Å². The Morgan fingerprint density at radius 1 is 1.25 bits per heavy atom. The van der Waals surface area contributed by atoms with Crippen molar-refractivity contribution >= 4 is 0 Å². The predicted octanol–water partition coefficient (Wildman–Crippen LogP) is 2.09. The van der Waals surface area contributed by atoms with E-state index in [0.29, 0.717) is 6.17 Å².